The number of nitrogens with one attached hydrogen (secondary N) is 1. The largest absolute Gasteiger partial charge is 0.325 e. The van der Waals surface area contributed by atoms with E-state index in [2.05, 4.69) is 5.32 Å². The molecular weight excluding hydrogens is 388 g/mol. The zero-order valence-corrected chi connectivity index (χ0v) is 14.3. The molecule has 1 heterocycles. The lowest BCUT2D eigenvalue weighted by molar-refractivity contribution is -0.385. The standard InChI is InChI=1S/C17H10N4O8/c22-14-13(15(23)18-9-1-3-11(4-2-9)20(26)27)16(24)19(17(14)25)10-5-7-12(8-6-10)21(28)29/h1-8,13H,(H,18,23)/t13-/m0/s1. The Bertz CT molecular complexity index is 1060. The van der Waals surface area contributed by atoms with E-state index in [0.29, 0.717) is 4.90 Å². The first-order valence-electron chi connectivity index (χ1n) is 7.92. The fourth-order valence-corrected chi connectivity index (χ4v) is 2.66. The fourth-order valence-electron chi connectivity index (χ4n) is 2.66. The number of hydrogen-bond acceptors (Lipinski definition) is 8. The minimum absolute atomic E-state index is 0.0856. The summed E-state index contributed by atoms with van der Waals surface area (Å²) in [5.41, 5.74) is -0.519. The number of imide groups is 1. The van der Waals surface area contributed by atoms with Gasteiger partial charge in [-0.05, 0) is 24.3 Å². The Labute approximate surface area is 161 Å². The van der Waals surface area contributed by atoms with E-state index in [1.54, 1.807) is 0 Å². The average Bonchev–Trinajstić information content (AvgIpc) is 2.91. The maximum atomic E-state index is 12.5. The summed E-state index contributed by atoms with van der Waals surface area (Å²) in [6.07, 6.45) is 0. The van der Waals surface area contributed by atoms with Gasteiger partial charge in [-0.25, -0.2) is 4.90 Å². The SMILES string of the molecule is O=C(Nc1ccc([N+](=O)[O-])cc1)[C@@H]1C(=O)C(=O)N(c2ccc([N+](=O)[O-])cc2)C1=O. The Kier molecular flexibility index (Phi) is 4.83. The molecule has 2 aromatic carbocycles. The Balaban J connectivity index is 1.81. The number of ketones is 1. The summed E-state index contributed by atoms with van der Waals surface area (Å²) in [4.78, 5) is 69.8. The lowest BCUT2D eigenvalue weighted by Gasteiger charge is -2.13. The highest BCUT2D eigenvalue weighted by atomic mass is 16.6. The molecule has 1 aliphatic rings. The highest BCUT2D eigenvalue weighted by molar-refractivity contribution is 6.59. The zero-order valence-electron chi connectivity index (χ0n) is 14.3. The monoisotopic (exact) mass is 398 g/mol. The van der Waals surface area contributed by atoms with Crippen molar-refractivity contribution in [2.45, 2.75) is 0 Å². The van der Waals surface area contributed by atoms with Crippen molar-refractivity contribution >= 4 is 46.3 Å². The highest BCUT2D eigenvalue weighted by Crippen LogP contribution is 2.27. The first-order valence-corrected chi connectivity index (χ1v) is 7.92. The number of anilines is 2. The fraction of sp³-hybridized carbons (Fsp3) is 0.0588. The number of benzene rings is 2. The van der Waals surface area contributed by atoms with Gasteiger partial charge in [0.25, 0.3) is 17.3 Å². The topological polar surface area (TPSA) is 170 Å². The van der Waals surface area contributed by atoms with E-state index in [9.17, 15) is 39.4 Å². The van der Waals surface area contributed by atoms with Crippen molar-refractivity contribution in [3.8, 4) is 0 Å². The van der Waals surface area contributed by atoms with Crippen LogP contribution in [0.15, 0.2) is 48.5 Å². The van der Waals surface area contributed by atoms with Crippen LogP contribution in [-0.4, -0.2) is 33.4 Å². The van der Waals surface area contributed by atoms with E-state index in [1.165, 1.54) is 12.1 Å². The van der Waals surface area contributed by atoms with Crippen LogP contribution in [0.25, 0.3) is 0 Å². The predicted octanol–water partition coefficient (Wildman–Crippen LogP) is 1.20. The minimum atomic E-state index is -1.94. The number of non-ortho nitro benzene ring substituents is 2. The number of nitro groups is 2. The molecule has 1 fully saturated rings. The second-order valence-electron chi connectivity index (χ2n) is 5.84. The molecule has 0 spiro atoms. The summed E-state index contributed by atoms with van der Waals surface area (Å²) < 4.78 is 0. The van der Waals surface area contributed by atoms with Gasteiger partial charge in [0, 0.05) is 30.0 Å². The molecule has 0 aromatic heterocycles. The first kappa shape index (κ1) is 19.3. The Hall–Kier alpha value is -4.48. The third-order valence-corrected chi connectivity index (χ3v) is 4.07. The molecule has 0 unspecified atom stereocenters. The molecule has 3 rings (SSSR count). The van der Waals surface area contributed by atoms with Gasteiger partial charge in [0.05, 0.1) is 15.5 Å². The first-order chi connectivity index (χ1) is 13.7. The third-order valence-electron chi connectivity index (χ3n) is 4.07. The predicted molar refractivity (Wildman–Crippen MR) is 95.8 cm³/mol. The number of carbonyl (C=O) groups is 4. The quantitative estimate of drug-likeness (QED) is 0.257. The van der Waals surface area contributed by atoms with E-state index in [4.69, 9.17) is 0 Å². The maximum Gasteiger partial charge on any atom is 0.302 e. The van der Waals surface area contributed by atoms with Crippen molar-refractivity contribution in [3.05, 3.63) is 68.8 Å². The molecule has 146 valence electrons. The van der Waals surface area contributed by atoms with Crippen molar-refractivity contribution in [1.82, 2.24) is 0 Å². The normalized spacial score (nSPS) is 16.1. The number of rotatable bonds is 5. The molecule has 1 saturated heterocycles. The van der Waals surface area contributed by atoms with E-state index in [-0.39, 0.29) is 22.7 Å². The number of nitro benzene ring substituents is 2. The molecule has 29 heavy (non-hydrogen) atoms. The van der Waals surface area contributed by atoms with Crippen molar-refractivity contribution < 1.29 is 29.0 Å². The van der Waals surface area contributed by atoms with E-state index in [0.717, 1.165) is 36.4 Å². The van der Waals surface area contributed by atoms with Crippen LogP contribution < -0.4 is 10.2 Å². The summed E-state index contributed by atoms with van der Waals surface area (Å²) in [5.74, 6) is -6.62. The molecular formula is C17H10N4O8. The van der Waals surface area contributed by atoms with E-state index >= 15 is 0 Å². The van der Waals surface area contributed by atoms with Gasteiger partial charge in [-0.15, -0.1) is 0 Å². The van der Waals surface area contributed by atoms with Gasteiger partial charge in [-0.1, -0.05) is 0 Å². The Morgan fingerprint density at radius 1 is 0.862 bits per heavy atom. The second kappa shape index (κ2) is 7.26. The van der Waals surface area contributed by atoms with E-state index < -0.39 is 39.3 Å². The highest BCUT2D eigenvalue weighted by Gasteiger charge is 2.51. The summed E-state index contributed by atoms with van der Waals surface area (Å²) in [5, 5.41) is 23.6. The maximum absolute atomic E-state index is 12.5. The lowest BCUT2D eigenvalue weighted by atomic mass is 10.1. The number of hydrogen-bond donors (Lipinski definition) is 1. The molecule has 0 bridgehead atoms. The van der Waals surface area contributed by atoms with E-state index in [1.807, 2.05) is 0 Å². The second-order valence-corrected chi connectivity index (χ2v) is 5.84. The molecule has 12 nitrogen and oxygen atoms in total. The van der Waals surface area contributed by atoms with Crippen LogP contribution in [0.4, 0.5) is 22.7 Å². The van der Waals surface area contributed by atoms with Crippen molar-refractivity contribution in [3.63, 3.8) is 0 Å². The molecule has 1 atom stereocenters. The van der Waals surface area contributed by atoms with Crippen LogP contribution in [0.1, 0.15) is 0 Å². The van der Waals surface area contributed by atoms with Gasteiger partial charge >= 0.3 is 5.91 Å². The third kappa shape index (κ3) is 3.53. The van der Waals surface area contributed by atoms with Gasteiger partial charge in [0.2, 0.25) is 11.7 Å². The summed E-state index contributed by atoms with van der Waals surface area (Å²) >= 11 is 0. The molecule has 0 radical (unpaired) electrons. The molecule has 0 saturated carbocycles. The van der Waals surface area contributed by atoms with Gasteiger partial charge in [-0.2, -0.15) is 0 Å². The minimum Gasteiger partial charge on any atom is -0.325 e. The van der Waals surface area contributed by atoms with Gasteiger partial charge in [-0.3, -0.25) is 39.4 Å². The van der Waals surface area contributed by atoms with Crippen LogP contribution in [0.3, 0.4) is 0 Å². The molecule has 2 aromatic rings. The number of carbonyl (C=O) groups excluding carboxylic acids is 4. The Morgan fingerprint density at radius 2 is 1.34 bits per heavy atom. The molecule has 3 amide bonds. The number of nitrogens with zero attached hydrogens (tertiary/aromatic N) is 3. The van der Waals surface area contributed by atoms with Crippen LogP contribution in [-0.2, 0) is 19.2 Å². The average molecular weight is 398 g/mol. The van der Waals surface area contributed by atoms with Crippen LogP contribution in [0, 0.1) is 26.1 Å². The molecule has 12 heteroatoms. The lowest BCUT2D eigenvalue weighted by Crippen LogP contribution is -2.34. The summed E-state index contributed by atoms with van der Waals surface area (Å²) in [6, 6.07) is 8.95. The van der Waals surface area contributed by atoms with Gasteiger partial charge in [0.15, 0.2) is 5.92 Å². The Morgan fingerprint density at radius 3 is 1.83 bits per heavy atom. The summed E-state index contributed by atoms with van der Waals surface area (Å²) in [6.45, 7) is 0. The van der Waals surface area contributed by atoms with Crippen molar-refractivity contribution in [2.24, 2.45) is 5.92 Å². The zero-order chi connectivity index (χ0) is 21.3. The molecule has 0 aliphatic carbocycles. The van der Waals surface area contributed by atoms with Crippen LogP contribution in [0.5, 0.6) is 0 Å². The van der Waals surface area contributed by atoms with Crippen LogP contribution >= 0.6 is 0 Å². The summed E-state index contributed by atoms with van der Waals surface area (Å²) in [7, 11) is 0. The molecule has 1 aliphatic heterocycles. The van der Waals surface area contributed by atoms with Crippen molar-refractivity contribution in [2.75, 3.05) is 10.2 Å². The van der Waals surface area contributed by atoms with Gasteiger partial charge in [0.1, 0.15) is 0 Å². The number of Topliss-reactive ketones (excluding diaryl/α,β-unsaturated/α-hetero) is 1. The van der Waals surface area contributed by atoms with Crippen molar-refractivity contribution in [1.29, 1.82) is 0 Å². The molecule has 1 N–H and O–H groups in total. The van der Waals surface area contributed by atoms with Crippen LogP contribution in [0.2, 0.25) is 0 Å². The smallest absolute Gasteiger partial charge is 0.302 e. The van der Waals surface area contributed by atoms with Gasteiger partial charge < -0.3 is 5.32 Å². The number of amides is 3.